The molecule has 0 spiro atoms. The normalized spacial score (nSPS) is 12.4. The first-order valence-corrected chi connectivity index (χ1v) is 10.2. The number of fused-ring (bicyclic) bond motifs is 1. The molecule has 0 aliphatic heterocycles. The number of aryl methyl sites for hydroxylation is 3. The lowest BCUT2D eigenvalue weighted by Gasteiger charge is -2.18. The highest BCUT2D eigenvalue weighted by atomic mass is 79.9. The third kappa shape index (κ3) is 3.78. The van der Waals surface area contributed by atoms with Crippen LogP contribution in [0.15, 0.2) is 64.1 Å². The highest BCUT2D eigenvalue weighted by Crippen LogP contribution is 2.25. The number of halogens is 1. The lowest BCUT2D eigenvalue weighted by molar-refractivity contribution is 0.153. The Bertz CT molecular complexity index is 1250. The third-order valence-electron chi connectivity index (χ3n) is 5.16. The second kappa shape index (κ2) is 7.61. The van der Waals surface area contributed by atoms with Crippen molar-refractivity contribution in [3.05, 3.63) is 91.9 Å². The molecule has 0 saturated carbocycles. The second-order valence-electron chi connectivity index (χ2n) is 7.45. The van der Waals surface area contributed by atoms with Crippen LogP contribution in [0.3, 0.4) is 0 Å². The minimum atomic E-state index is -0.761. The van der Waals surface area contributed by atoms with E-state index >= 15 is 0 Å². The third-order valence-corrected chi connectivity index (χ3v) is 5.66. The average Bonchev–Trinajstić information content (AvgIpc) is 3.08. The molecule has 0 radical (unpaired) electrons. The zero-order valence-electron chi connectivity index (χ0n) is 16.6. The topological polar surface area (TPSA) is 59.5 Å². The molecule has 6 heteroatoms. The van der Waals surface area contributed by atoms with Crippen LogP contribution in [0.2, 0.25) is 0 Å². The van der Waals surface area contributed by atoms with Crippen molar-refractivity contribution in [1.29, 1.82) is 0 Å². The van der Waals surface area contributed by atoms with Gasteiger partial charge in [-0.25, -0.2) is 4.52 Å². The fourth-order valence-corrected chi connectivity index (χ4v) is 4.35. The number of hydrogen-bond acceptors (Lipinski definition) is 3. The van der Waals surface area contributed by atoms with Crippen LogP contribution in [-0.4, -0.2) is 19.3 Å². The van der Waals surface area contributed by atoms with E-state index in [1.165, 1.54) is 0 Å². The van der Waals surface area contributed by atoms with Crippen molar-refractivity contribution in [2.45, 2.75) is 33.4 Å². The number of aliphatic hydroxyl groups is 1. The predicted octanol–water partition coefficient (Wildman–Crippen LogP) is 4.58. The Labute approximate surface area is 177 Å². The van der Waals surface area contributed by atoms with E-state index in [4.69, 9.17) is 0 Å². The molecular formula is C23H22BrN3O2. The van der Waals surface area contributed by atoms with E-state index in [0.717, 1.165) is 38.0 Å². The van der Waals surface area contributed by atoms with Crippen molar-refractivity contribution in [2.24, 2.45) is 0 Å². The van der Waals surface area contributed by atoms with E-state index in [9.17, 15) is 9.90 Å². The van der Waals surface area contributed by atoms with Gasteiger partial charge >= 0.3 is 0 Å². The summed E-state index contributed by atoms with van der Waals surface area (Å²) in [6.07, 6.45) is 2.66. The first-order chi connectivity index (χ1) is 13.8. The quantitative estimate of drug-likeness (QED) is 0.493. The molecule has 0 aliphatic carbocycles. The van der Waals surface area contributed by atoms with Crippen LogP contribution in [0.4, 0.5) is 0 Å². The van der Waals surface area contributed by atoms with Crippen LogP contribution in [0, 0.1) is 20.8 Å². The average molecular weight is 452 g/mol. The Morgan fingerprint density at radius 1 is 1.07 bits per heavy atom. The molecule has 0 bridgehead atoms. The molecule has 0 saturated heterocycles. The summed E-state index contributed by atoms with van der Waals surface area (Å²) in [6.45, 7) is 6.21. The molecule has 1 N–H and O–H groups in total. The molecule has 29 heavy (non-hydrogen) atoms. The SMILES string of the molecule is Cc1cc(C)c([C@H](O)Cn2ccn3nc(-c4cccc(Br)c4)cc3c2=O)c(C)c1. The molecule has 4 aromatic rings. The summed E-state index contributed by atoms with van der Waals surface area (Å²) >= 11 is 3.47. The van der Waals surface area contributed by atoms with Crippen molar-refractivity contribution in [1.82, 2.24) is 14.2 Å². The van der Waals surface area contributed by atoms with E-state index < -0.39 is 6.10 Å². The van der Waals surface area contributed by atoms with Crippen molar-refractivity contribution in [3.63, 3.8) is 0 Å². The number of aromatic nitrogens is 3. The Kier molecular flexibility index (Phi) is 5.15. The van der Waals surface area contributed by atoms with E-state index in [0.29, 0.717) is 5.52 Å². The van der Waals surface area contributed by atoms with Crippen LogP contribution in [0.25, 0.3) is 16.8 Å². The largest absolute Gasteiger partial charge is 0.387 e. The van der Waals surface area contributed by atoms with Crippen molar-refractivity contribution in [2.75, 3.05) is 0 Å². The minimum Gasteiger partial charge on any atom is -0.387 e. The molecule has 4 rings (SSSR count). The molecule has 0 unspecified atom stereocenters. The Hall–Kier alpha value is -2.70. The molecule has 5 nitrogen and oxygen atoms in total. The number of aliphatic hydroxyl groups excluding tert-OH is 1. The maximum Gasteiger partial charge on any atom is 0.276 e. The van der Waals surface area contributed by atoms with Gasteiger partial charge in [-0.05, 0) is 55.7 Å². The zero-order valence-corrected chi connectivity index (χ0v) is 18.1. The van der Waals surface area contributed by atoms with Gasteiger partial charge in [-0.2, -0.15) is 5.10 Å². The molecule has 148 valence electrons. The van der Waals surface area contributed by atoms with E-state index in [1.54, 1.807) is 27.5 Å². The van der Waals surface area contributed by atoms with E-state index in [1.807, 2.05) is 45.0 Å². The molecule has 2 heterocycles. The molecular weight excluding hydrogens is 430 g/mol. The van der Waals surface area contributed by atoms with Gasteiger partial charge in [0.25, 0.3) is 5.56 Å². The molecule has 0 aliphatic rings. The van der Waals surface area contributed by atoms with Gasteiger partial charge in [0, 0.05) is 22.4 Å². The number of rotatable bonds is 4. The summed E-state index contributed by atoms with van der Waals surface area (Å²) in [7, 11) is 0. The van der Waals surface area contributed by atoms with Crippen LogP contribution >= 0.6 is 15.9 Å². The summed E-state index contributed by atoms with van der Waals surface area (Å²) in [5.41, 5.74) is 6.07. The van der Waals surface area contributed by atoms with Crippen molar-refractivity contribution < 1.29 is 5.11 Å². The van der Waals surface area contributed by atoms with E-state index in [2.05, 4.69) is 33.2 Å². The first-order valence-electron chi connectivity index (χ1n) is 9.44. The Morgan fingerprint density at radius 2 is 1.79 bits per heavy atom. The summed E-state index contributed by atoms with van der Waals surface area (Å²) < 4.78 is 4.09. The summed E-state index contributed by atoms with van der Waals surface area (Å²) in [4.78, 5) is 13.0. The molecule has 0 fully saturated rings. The first kappa shape index (κ1) is 19.6. The summed E-state index contributed by atoms with van der Waals surface area (Å²) in [5.74, 6) is 0. The van der Waals surface area contributed by atoms with Gasteiger partial charge < -0.3 is 9.67 Å². The number of nitrogens with zero attached hydrogens (tertiary/aromatic N) is 3. The fraction of sp³-hybridized carbons (Fsp3) is 0.217. The van der Waals surface area contributed by atoms with Gasteiger partial charge in [0.1, 0.15) is 5.52 Å². The second-order valence-corrected chi connectivity index (χ2v) is 8.37. The highest BCUT2D eigenvalue weighted by molar-refractivity contribution is 9.10. The number of benzene rings is 2. The van der Waals surface area contributed by atoms with Gasteiger partial charge in [0.2, 0.25) is 0 Å². The van der Waals surface area contributed by atoms with Gasteiger partial charge in [0.05, 0.1) is 18.3 Å². The lowest BCUT2D eigenvalue weighted by Crippen LogP contribution is -2.24. The molecule has 1 atom stereocenters. The maximum atomic E-state index is 13.0. The Balaban J connectivity index is 1.70. The van der Waals surface area contributed by atoms with Gasteiger partial charge in [-0.3, -0.25) is 4.79 Å². The zero-order chi connectivity index (χ0) is 20.7. The van der Waals surface area contributed by atoms with Crippen LogP contribution in [0.5, 0.6) is 0 Å². The van der Waals surface area contributed by atoms with Gasteiger partial charge in [0.15, 0.2) is 0 Å². The van der Waals surface area contributed by atoms with Gasteiger partial charge in [-0.1, -0.05) is 45.8 Å². The number of hydrogen-bond donors (Lipinski definition) is 1. The summed E-state index contributed by atoms with van der Waals surface area (Å²) in [5, 5.41) is 15.4. The maximum absolute atomic E-state index is 13.0. The predicted molar refractivity (Wildman–Crippen MR) is 118 cm³/mol. The van der Waals surface area contributed by atoms with Gasteiger partial charge in [-0.15, -0.1) is 0 Å². The smallest absolute Gasteiger partial charge is 0.276 e. The minimum absolute atomic E-state index is 0.178. The fourth-order valence-electron chi connectivity index (χ4n) is 3.95. The molecule has 0 amide bonds. The summed E-state index contributed by atoms with van der Waals surface area (Å²) in [6, 6.07) is 13.7. The van der Waals surface area contributed by atoms with Crippen LogP contribution in [0.1, 0.15) is 28.4 Å². The van der Waals surface area contributed by atoms with Crippen LogP contribution < -0.4 is 5.56 Å². The highest BCUT2D eigenvalue weighted by Gasteiger charge is 2.16. The van der Waals surface area contributed by atoms with E-state index in [-0.39, 0.29) is 12.1 Å². The monoisotopic (exact) mass is 451 g/mol. The Morgan fingerprint density at radius 3 is 2.48 bits per heavy atom. The lowest BCUT2D eigenvalue weighted by atomic mass is 9.95. The molecule has 2 aromatic heterocycles. The standard InChI is InChI=1S/C23H22BrN3O2/c1-14-9-15(2)22(16(3)10-14)21(28)13-26-7-8-27-20(23(26)29)12-19(25-27)17-5-4-6-18(24)11-17/h4-12,21,28H,13H2,1-3H3/t21-/m1/s1. The van der Waals surface area contributed by atoms with Crippen molar-refractivity contribution >= 4 is 21.4 Å². The van der Waals surface area contributed by atoms with Crippen molar-refractivity contribution in [3.8, 4) is 11.3 Å². The molecule has 2 aromatic carbocycles. The van der Waals surface area contributed by atoms with Crippen LogP contribution in [-0.2, 0) is 6.54 Å².